The predicted octanol–water partition coefficient (Wildman–Crippen LogP) is 3.13. The second-order valence-electron chi connectivity index (χ2n) is 4.58. The molecule has 6 nitrogen and oxygen atoms in total. The van der Waals surface area contributed by atoms with Crippen molar-refractivity contribution in [3.8, 4) is 0 Å². The van der Waals surface area contributed by atoms with Crippen LogP contribution in [0.4, 0.5) is 17.3 Å². The summed E-state index contributed by atoms with van der Waals surface area (Å²) in [5.41, 5.74) is 0.906. The summed E-state index contributed by atoms with van der Waals surface area (Å²) in [5.74, 6) is 0.408. The van der Waals surface area contributed by atoms with E-state index in [1.165, 1.54) is 6.33 Å². The maximum absolute atomic E-state index is 10.9. The fourth-order valence-electron chi connectivity index (χ4n) is 1.79. The zero-order chi connectivity index (χ0) is 15.1. The van der Waals surface area contributed by atoms with Crippen molar-refractivity contribution in [3.05, 3.63) is 42.2 Å². The van der Waals surface area contributed by atoms with Crippen molar-refractivity contribution in [2.24, 2.45) is 0 Å². The minimum Gasteiger partial charge on any atom is -0.478 e. The molecule has 0 bridgehead atoms. The average molecular weight is 286 g/mol. The highest BCUT2D eigenvalue weighted by Crippen LogP contribution is 2.17. The Morgan fingerprint density at radius 2 is 2.05 bits per heavy atom. The Bertz CT molecular complexity index is 616. The summed E-state index contributed by atoms with van der Waals surface area (Å²) in [5, 5.41) is 15.3. The van der Waals surface area contributed by atoms with Crippen molar-refractivity contribution < 1.29 is 9.90 Å². The van der Waals surface area contributed by atoms with E-state index in [-0.39, 0.29) is 5.56 Å². The first-order valence-electron chi connectivity index (χ1n) is 6.85. The van der Waals surface area contributed by atoms with Gasteiger partial charge in [-0.3, -0.25) is 0 Å². The molecule has 6 heteroatoms. The van der Waals surface area contributed by atoms with E-state index in [9.17, 15) is 4.79 Å². The molecular weight excluding hydrogens is 268 g/mol. The standard InChI is InChI=1S/C15H18N4O2/c1-2-3-7-16-13-9-14(18-10-17-13)19-12-6-4-5-11(8-12)15(20)21/h4-6,8-10H,2-3,7H2,1H3,(H,20,21)(H2,16,17,18,19). The molecule has 0 saturated heterocycles. The van der Waals surface area contributed by atoms with Crippen LogP contribution in [0.3, 0.4) is 0 Å². The molecule has 0 aliphatic heterocycles. The monoisotopic (exact) mass is 286 g/mol. The van der Waals surface area contributed by atoms with Gasteiger partial charge in [0.05, 0.1) is 5.56 Å². The maximum Gasteiger partial charge on any atom is 0.335 e. The number of carbonyl (C=O) groups is 1. The van der Waals surface area contributed by atoms with Crippen LogP contribution in [0.5, 0.6) is 0 Å². The molecule has 1 heterocycles. The van der Waals surface area contributed by atoms with Crippen LogP contribution in [0.2, 0.25) is 0 Å². The van der Waals surface area contributed by atoms with Gasteiger partial charge in [0.15, 0.2) is 0 Å². The highest BCUT2D eigenvalue weighted by molar-refractivity contribution is 5.89. The number of aromatic carboxylic acids is 1. The molecule has 21 heavy (non-hydrogen) atoms. The lowest BCUT2D eigenvalue weighted by Crippen LogP contribution is -2.04. The number of carboxylic acid groups (broad SMARTS) is 1. The first-order valence-corrected chi connectivity index (χ1v) is 6.85. The van der Waals surface area contributed by atoms with Crippen molar-refractivity contribution in [2.75, 3.05) is 17.2 Å². The van der Waals surface area contributed by atoms with Crippen LogP contribution in [0.15, 0.2) is 36.7 Å². The molecule has 0 aliphatic carbocycles. The molecular formula is C15H18N4O2. The lowest BCUT2D eigenvalue weighted by Gasteiger charge is -2.08. The zero-order valence-electron chi connectivity index (χ0n) is 11.8. The molecule has 0 fully saturated rings. The highest BCUT2D eigenvalue weighted by Gasteiger charge is 2.04. The molecule has 3 N–H and O–H groups in total. The summed E-state index contributed by atoms with van der Waals surface area (Å²) in [4.78, 5) is 19.2. The van der Waals surface area contributed by atoms with Crippen molar-refractivity contribution in [2.45, 2.75) is 19.8 Å². The van der Waals surface area contributed by atoms with E-state index in [4.69, 9.17) is 5.11 Å². The van der Waals surface area contributed by atoms with Crippen LogP contribution >= 0.6 is 0 Å². The van der Waals surface area contributed by atoms with Gasteiger partial charge < -0.3 is 15.7 Å². The normalized spacial score (nSPS) is 10.1. The van der Waals surface area contributed by atoms with Gasteiger partial charge in [0.2, 0.25) is 0 Å². The third-order valence-electron chi connectivity index (χ3n) is 2.89. The van der Waals surface area contributed by atoms with E-state index < -0.39 is 5.97 Å². The summed E-state index contributed by atoms with van der Waals surface area (Å²) in [6, 6.07) is 8.38. The van der Waals surface area contributed by atoms with E-state index >= 15 is 0 Å². The Kier molecular flexibility index (Phi) is 5.09. The SMILES string of the molecule is CCCCNc1cc(Nc2cccc(C(=O)O)c2)ncn1. The third-order valence-corrected chi connectivity index (χ3v) is 2.89. The quantitative estimate of drug-likeness (QED) is 0.678. The van der Waals surface area contributed by atoms with Gasteiger partial charge in [-0.15, -0.1) is 0 Å². The lowest BCUT2D eigenvalue weighted by molar-refractivity contribution is 0.0697. The minimum atomic E-state index is -0.955. The first kappa shape index (κ1) is 14.8. The van der Waals surface area contributed by atoms with Gasteiger partial charge in [-0.05, 0) is 24.6 Å². The maximum atomic E-state index is 10.9. The van der Waals surface area contributed by atoms with Gasteiger partial charge in [0.25, 0.3) is 0 Å². The average Bonchev–Trinajstić information content (AvgIpc) is 2.48. The number of rotatable bonds is 7. The van der Waals surface area contributed by atoms with Crippen LogP contribution in [-0.2, 0) is 0 Å². The van der Waals surface area contributed by atoms with Crippen molar-refractivity contribution in [3.63, 3.8) is 0 Å². The minimum absolute atomic E-state index is 0.232. The molecule has 2 aromatic rings. The second kappa shape index (κ2) is 7.23. The van der Waals surface area contributed by atoms with Gasteiger partial charge in [-0.2, -0.15) is 0 Å². The van der Waals surface area contributed by atoms with Crippen molar-refractivity contribution >= 4 is 23.3 Å². The molecule has 0 spiro atoms. The van der Waals surface area contributed by atoms with Crippen molar-refractivity contribution in [1.29, 1.82) is 0 Å². The van der Waals surface area contributed by atoms with Gasteiger partial charge >= 0.3 is 5.97 Å². The molecule has 0 aliphatic rings. The first-order chi connectivity index (χ1) is 10.2. The number of unbranched alkanes of at least 4 members (excludes halogenated alkanes) is 1. The van der Waals surface area contributed by atoms with Gasteiger partial charge in [-0.25, -0.2) is 14.8 Å². The van der Waals surface area contributed by atoms with Crippen LogP contribution < -0.4 is 10.6 Å². The van der Waals surface area contributed by atoms with Crippen LogP contribution in [0, 0.1) is 0 Å². The Morgan fingerprint density at radius 1 is 1.24 bits per heavy atom. The zero-order valence-corrected chi connectivity index (χ0v) is 11.8. The van der Waals surface area contributed by atoms with Gasteiger partial charge in [-0.1, -0.05) is 19.4 Å². The largest absolute Gasteiger partial charge is 0.478 e. The summed E-state index contributed by atoms with van der Waals surface area (Å²) in [6.07, 6.45) is 3.66. The van der Waals surface area contributed by atoms with Crippen LogP contribution in [-0.4, -0.2) is 27.6 Å². The summed E-state index contributed by atoms with van der Waals surface area (Å²) < 4.78 is 0. The van der Waals surface area contributed by atoms with Gasteiger partial charge in [0.1, 0.15) is 18.0 Å². The smallest absolute Gasteiger partial charge is 0.335 e. The fourth-order valence-corrected chi connectivity index (χ4v) is 1.79. The van der Waals surface area contributed by atoms with E-state index in [0.29, 0.717) is 11.5 Å². The Balaban J connectivity index is 2.07. The number of anilines is 3. The molecule has 0 saturated carbocycles. The van der Waals surface area contributed by atoms with E-state index in [0.717, 1.165) is 25.2 Å². The van der Waals surface area contributed by atoms with E-state index in [2.05, 4.69) is 27.5 Å². The fraction of sp³-hybridized carbons (Fsp3) is 0.267. The molecule has 0 radical (unpaired) electrons. The number of nitrogens with one attached hydrogen (secondary N) is 2. The van der Waals surface area contributed by atoms with Gasteiger partial charge in [0, 0.05) is 18.3 Å². The molecule has 1 aromatic carbocycles. The third kappa shape index (κ3) is 4.45. The summed E-state index contributed by atoms with van der Waals surface area (Å²) in [6.45, 7) is 2.99. The van der Waals surface area contributed by atoms with E-state index in [1.54, 1.807) is 30.3 Å². The molecule has 1 aromatic heterocycles. The summed E-state index contributed by atoms with van der Waals surface area (Å²) in [7, 11) is 0. The topological polar surface area (TPSA) is 87.1 Å². The number of hydrogen-bond acceptors (Lipinski definition) is 5. The molecule has 110 valence electrons. The van der Waals surface area contributed by atoms with E-state index in [1.807, 2.05) is 0 Å². The molecule has 0 unspecified atom stereocenters. The van der Waals surface area contributed by atoms with Crippen molar-refractivity contribution in [1.82, 2.24) is 9.97 Å². The highest BCUT2D eigenvalue weighted by atomic mass is 16.4. The Hall–Kier alpha value is -2.63. The molecule has 0 amide bonds. The number of benzene rings is 1. The van der Waals surface area contributed by atoms with Crippen LogP contribution in [0.25, 0.3) is 0 Å². The van der Waals surface area contributed by atoms with Crippen LogP contribution in [0.1, 0.15) is 30.1 Å². The molecule has 0 atom stereocenters. The number of aromatic nitrogens is 2. The summed E-state index contributed by atoms with van der Waals surface area (Å²) >= 11 is 0. The number of carboxylic acids is 1. The lowest BCUT2D eigenvalue weighted by atomic mass is 10.2. The predicted molar refractivity (Wildman–Crippen MR) is 82.1 cm³/mol. The number of hydrogen-bond donors (Lipinski definition) is 3. The second-order valence-corrected chi connectivity index (χ2v) is 4.58. The Morgan fingerprint density at radius 3 is 2.81 bits per heavy atom. The molecule has 2 rings (SSSR count). The Labute approximate surface area is 123 Å². The number of nitrogens with zero attached hydrogens (tertiary/aromatic N) is 2.